The predicted molar refractivity (Wildman–Crippen MR) is 145 cm³/mol. The Kier molecular flexibility index (Phi) is 7.96. The van der Waals surface area contributed by atoms with Crippen molar-refractivity contribution in [2.45, 2.75) is 13.3 Å². The lowest BCUT2D eigenvalue weighted by atomic mass is 10.0. The van der Waals surface area contributed by atoms with Crippen LogP contribution in [0.3, 0.4) is 0 Å². The van der Waals surface area contributed by atoms with Crippen molar-refractivity contribution in [1.29, 1.82) is 0 Å². The number of carbonyl (C=O) groups is 1. The number of ether oxygens (including phenoxy) is 2. The SMILES string of the molecule is CC1=C(CC(=O)NCCN2CCOCC2)c2cc(F)ccc2/C1=C\c1ccc(Oc2ccc(F)cc2)cc1. The van der Waals surface area contributed by atoms with Crippen LogP contribution >= 0.6 is 0 Å². The number of hydrogen-bond acceptors (Lipinski definition) is 4. The molecule has 38 heavy (non-hydrogen) atoms. The highest BCUT2D eigenvalue weighted by molar-refractivity contribution is 6.08. The quantitative estimate of drug-likeness (QED) is 0.404. The van der Waals surface area contributed by atoms with E-state index in [0.717, 1.165) is 66.3 Å². The van der Waals surface area contributed by atoms with Crippen LogP contribution in [-0.2, 0) is 9.53 Å². The van der Waals surface area contributed by atoms with E-state index in [4.69, 9.17) is 9.47 Å². The molecule has 1 aliphatic carbocycles. The Bertz CT molecular complexity index is 1360. The van der Waals surface area contributed by atoms with E-state index in [1.165, 1.54) is 24.3 Å². The van der Waals surface area contributed by atoms with Crippen molar-refractivity contribution in [3.8, 4) is 11.5 Å². The second-order valence-corrected chi connectivity index (χ2v) is 9.46. The van der Waals surface area contributed by atoms with Gasteiger partial charge in [-0.2, -0.15) is 0 Å². The highest BCUT2D eigenvalue weighted by atomic mass is 19.1. The van der Waals surface area contributed by atoms with Crippen LogP contribution in [0.4, 0.5) is 8.78 Å². The van der Waals surface area contributed by atoms with E-state index in [0.29, 0.717) is 18.0 Å². The Morgan fingerprint density at radius 2 is 1.61 bits per heavy atom. The standard InChI is InChI=1S/C31H30F2N2O3/c1-21-28(18-22-2-7-25(8-3-22)38-26-9-4-23(32)5-10-26)27-11-6-24(33)19-30(27)29(21)20-31(36)34-12-13-35-14-16-37-17-15-35/h2-11,18-19H,12-17,20H2,1H3,(H,34,36)/b28-18-. The van der Waals surface area contributed by atoms with Crippen LogP contribution in [0, 0.1) is 11.6 Å². The molecule has 7 heteroatoms. The van der Waals surface area contributed by atoms with Crippen molar-refractivity contribution in [3.05, 3.63) is 101 Å². The number of morpholine rings is 1. The van der Waals surface area contributed by atoms with E-state index in [1.54, 1.807) is 18.2 Å². The van der Waals surface area contributed by atoms with Gasteiger partial charge >= 0.3 is 0 Å². The third kappa shape index (κ3) is 6.18. The molecule has 0 saturated carbocycles. The summed E-state index contributed by atoms with van der Waals surface area (Å²) in [5.41, 5.74) is 5.37. The molecule has 0 atom stereocenters. The van der Waals surface area contributed by atoms with Gasteiger partial charge in [-0.25, -0.2) is 8.78 Å². The lowest BCUT2D eigenvalue weighted by molar-refractivity contribution is -0.120. The number of amides is 1. The minimum atomic E-state index is -0.328. The van der Waals surface area contributed by atoms with Crippen LogP contribution in [0.1, 0.15) is 30.0 Å². The van der Waals surface area contributed by atoms with Crippen molar-refractivity contribution < 1.29 is 23.0 Å². The first kappa shape index (κ1) is 25.8. The monoisotopic (exact) mass is 516 g/mol. The summed E-state index contributed by atoms with van der Waals surface area (Å²) in [6.07, 6.45) is 2.23. The summed E-state index contributed by atoms with van der Waals surface area (Å²) in [5.74, 6) is 0.464. The molecule has 1 heterocycles. The Morgan fingerprint density at radius 3 is 2.32 bits per heavy atom. The minimum Gasteiger partial charge on any atom is -0.457 e. The van der Waals surface area contributed by atoms with Gasteiger partial charge in [0.15, 0.2) is 0 Å². The molecule has 3 aromatic rings. The van der Waals surface area contributed by atoms with Crippen LogP contribution in [-0.4, -0.2) is 50.2 Å². The fourth-order valence-electron chi connectivity index (χ4n) is 4.82. The number of fused-ring (bicyclic) bond motifs is 1. The summed E-state index contributed by atoms with van der Waals surface area (Å²) < 4.78 is 38.5. The van der Waals surface area contributed by atoms with Gasteiger partial charge in [-0.1, -0.05) is 18.2 Å². The maximum Gasteiger partial charge on any atom is 0.224 e. The summed E-state index contributed by atoms with van der Waals surface area (Å²) in [4.78, 5) is 15.1. The first-order valence-corrected chi connectivity index (χ1v) is 12.8. The van der Waals surface area contributed by atoms with Crippen molar-refractivity contribution in [2.24, 2.45) is 0 Å². The second-order valence-electron chi connectivity index (χ2n) is 9.46. The molecule has 1 fully saturated rings. The van der Waals surface area contributed by atoms with Gasteiger partial charge in [-0.05, 0) is 94.9 Å². The van der Waals surface area contributed by atoms with E-state index >= 15 is 0 Å². The Labute approximate surface area is 221 Å². The maximum absolute atomic E-state index is 14.2. The molecule has 5 rings (SSSR count). The fraction of sp³-hybridized carbons (Fsp3) is 0.258. The molecule has 1 amide bonds. The van der Waals surface area contributed by atoms with Gasteiger partial charge in [0.25, 0.3) is 0 Å². The molecule has 1 aliphatic heterocycles. The highest BCUT2D eigenvalue weighted by Crippen LogP contribution is 2.44. The average molecular weight is 517 g/mol. The highest BCUT2D eigenvalue weighted by Gasteiger charge is 2.26. The lowest BCUT2D eigenvalue weighted by Crippen LogP contribution is -2.41. The molecule has 0 spiro atoms. The first-order valence-electron chi connectivity index (χ1n) is 12.8. The number of hydrogen-bond donors (Lipinski definition) is 1. The third-order valence-corrected chi connectivity index (χ3v) is 6.89. The third-order valence-electron chi connectivity index (χ3n) is 6.89. The number of rotatable bonds is 8. The van der Waals surface area contributed by atoms with E-state index in [9.17, 15) is 13.6 Å². The fourth-order valence-corrected chi connectivity index (χ4v) is 4.82. The van der Waals surface area contributed by atoms with Crippen molar-refractivity contribution in [3.63, 3.8) is 0 Å². The molecule has 3 aromatic carbocycles. The van der Waals surface area contributed by atoms with E-state index in [-0.39, 0.29) is 24.0 Å². The summed E-state index contributed by atoms with van der Waals surface area (Å²) in [6.45, 7) is 6.52. The number of halogens is 2. The minimum absolute atomic E-state index is 0.0774. The number of allylic oxidation sites excluding steroid dienone is 2. The van der Waals surface area contributed by atoms with Crippen LogP contribution in [0.5, 0.6) is 11.5 Å². The molecule has 0 aromatic heterocycles. The molecular weight excluding hydrogens is 486 g/mol. The van der Waals surface area contributed by atoms with E-state index < -0.39 is 0 Å². The van der Waals surface area contributed by atoms with Gasteiger partial charge in [0.05, 0.1) is 19.6 Å². The van der Waals surface area contributed by atoms with Crippen LogP contribution in [0.2, 0.25) is 0 Å². The number of nitrogens with one attached hydrogen (secondary N) is 1. The molecule has 0 radical (unpaired) electrons. The van der Waals surface area contributed by atoms with Gasteiger partial charge in [0.2, 0.25) is 5.91 Å². The summed E-state index contributed by atoms with van der Waals surface area (Å²) in [7, 11) is 0. The second kappa shape index (κ2) is 11.7. The zero-order chi connectivity index (χ0) is 26.5. The predicted octanol–water partition coefficient (Wildman–Crippen LogP) is 5.92. The zero-order valence-corrected chi connectivity index (χ0v) is 21.3. The lowest BCUT2D eigenvalue weighted by Gasteiger charge is -2.26. The summed E-state index contributed by atoms with van der Waals surface area (Å²) >= 11 is 0. The molecule has 1 N–H and O–H groups in total. The van der Waals surface area contributed by atoms with Crippen molar-refractivity contribution in [2.75, 3.05) is 39.4 Å². The Balaban J connectivity index is 1.30. The molecule has 1 saturated heterocycles. The van der Waals surface area contributed by atoms with Crippen LogP contribution in [0.15, 0.2) is 72.3 Å². The molecule has 0 bridgehead atoms. The van der Waals surface area contributed by atoms with Crippen molar-refractivity contribution in [1.82, 2.24) is 10.2 Å². The largest absolute Gasteiger partial charge is 0.457 e. The first-order chi connectivity index (χ1) is 18.5. The van der Waals surface area contributed by atoms with E-state index in [2.05, 4.69) is 10.2 Å². The summed E-state index contributed by atoms with van der Waals surface area (Å²) in [5, 5.41) is 3.01. The molecule has 0 unspecified atom stereocenters. The molecular formula is C31H30F2N2O3. The number of benzene rings is 3. The van der Waals surface area contributed by atoms with Crippen LogP contribution in [0.25, 0.3) is 17.2 Å². The molecule has 196 valence electrons. The van der Waals surface area contributed by atoms with Gasteiger partial charge in [-0.15, -0.1) is 0 Å². The number of nitrogens with zero attached hydrogens (tertiary/aromatic N) is 1. The normalized spacial score (nSPS) is 16.6. The van der Waals surface area contributed by atoms with Crippen LogP contribution < -0.4 is 10.1 Å². The molecule has 5 nitrogen and oxygen atoms in total. The van der Waals surface area contributed by atoms with E-state index in [1.807, 2.05) is 37.3 Å². The maximum atomic E-state index is 14.2. The number of carbonyl (C=O) groups excluding carboxylic acids is 1. The van der Waals surface area contributed by atoms with Gasteiger partial charge in [0.1, 0.15) is 23.1 Å². The van der Waals surface area contributed by atoms with Gasteiger partial charge in [-0.3, -0.25) is 9.69 Å². The Hall–Kier alpha value is -3.81. The smallest absolute Gasteiger partial charge is 0.224 e. The average Bonchev–Trinajstić information content (AvgIpc) is 3.17. The zero-order valence-electron chi connectivity index (χ0n) is 21.3. The molecule has 2 aliphatic rings. The topological polar surface area (TPSA) is 50.8 Å². The van der Waals surface area contributed by atoms with Crippen molar-refractivity contribution >= 4 is 23.1 Å². The van der Waals surface area contributed by atoms with Gasteiger partial charge < -0.3 is 14.8 Å². The Morgan fingerprint density at radius 1 is 0.947 bits per heavy atom. The van der Waals surface area contributed by atoms with Gasteiger partial charge in [0, 0.05) is 26.2 Å². The summed E-state index contributed by atoms with van der Waals surface area (Å²) in [6, 6.07) is 18.1.